The van der Waals surface area contributed by atoms with E-state index in [1.165, 1.54) is 13.8 Å². The summed E-state index contributed by atoms with van der Waals surface area (Å²) in [6, 6.07) is 0. The summed E-state index contributed by atoms with van der Waals surface area (Å²) in [6.07, 6.45) is -18.5. The lowest BCUT2D eigenvalue weighted by atomic mass is 9.84. The zero-order valence-corrected chi connectivity index (χ0v) is 47.0. The van der Waals surface area contributed by atoms with Crippen molar-refractivity contribution in [3.05, 3.63) is 0 Å². The molecule has 0 amide bonds. The Bertz CT molecular complexity index is 2050. The summed E-state index contributed by atoms with van der Waals surface area (Å²) in [7, 11) is -23.3. The maximum absolute atomic E-state index is 14.9. The van der Waals surface area contributed by atoms with Crippen LogP contribution in [0.2, 0.25) is 0 Å². The molecule has 0 saturated heterocycles. The van der Waals surface area contributed by atoms with E-state index in [0.717, 1.165) is 55.4 Å². The molecule has 0 aromatic rings. The Balaban J connectivity index is 4.99. The van der Waals surface area contributed by atoms with Crippen LogP contribution >= 0.6 is 31.3 Å². The summed E-state index contributed by atoms with van der Waals surface area (Å²) < 4.78 is 173. The van der Waals surface area contributed by atoms with E-state index in [1.54, 1.807) is 0 Å². The first kappa shape index (κ1) is 71.2. The van der Waals surface area contributed by atoms with Crippen LogP contribution in [-0.4, -0.2) is 151 Å². The highest BCUT2D eigenvalue weighted by Gasteiger charge is 2.64. The molecule has 40 heteroatoms. The van der Waals surface area contributed by atoms with Gasteiger partial charge in [0.25, 0.3) is 0 Å². The molecule has 0 aliphatic heterocycles. The van der Waals surface area contributed by atoms with E-state index in [2.05, 4.69) is 0 Å². The van der Waals surface area contributed by atoms with Gasteiger partial charge in [-0.05, 0) is 12.8 Å². The Kier molecular flexibility index (Phi) is 32.6. The summed E-state index contributed by atoms with van der Waals surface area (Å²) in [5, 5.41) is 0. The van der Waals surface area contributed by atoms with Gasteiger partial charge in [0.15, 0.2) is 12.2 Å². The summed E-state index contributed by atoms with van der Waals surface area (Å²) in [5.74, 6) is -11.6. The Morgan fingerprint density at radius 1 is 0.282 bits per heavy atom. The first-order chi connectivity index (χ1) is 36.4. The number of hydrogen-bond donors (Lipinski definition) is 0. The normalized spacial score (nSPS) is 18.5. The van der Waals surface area contributed by atoms with Crippen LogP contribution in [0.3, 0.4) is 0 Å². The Morgan fingerprint density at radius 3 is 0.590 bits per heavy atom. The molecule has 1 rings (SSSR count). The Morgan fingerprint density at radius 2 is 0.436 bits per heavy atom. The molecule has 6 atom stereocenters. The number of ether oxygens (including phenoxy) is 10. The van der Waals surface area contributed by atoms with Gasteiger partial charge in [0, 0.05) is 68.2 Å². The fourth-order valence-electron chi connectivity index (χ4n) is 5.08. The SMILES string of the molecule is CCCC(=O)O[C@@H]1[C@H](OP(=O)(OCOC(C)=O)OCOC(C)=O)[C@@H](OC(=O)CCC)[C@H](OP(=O)(OCOC(C)=O)OCOC(C)=O)[C@@H](OP(=O)(OCOC(C)=O)OCOC(C)=O)[C@@H]1OP(=O)(OCOC(C)=O)OCOC(C)=O. The van der Waals surface area contributed by atoms with Gasteiger partial charge in [-0.25, -0.2) is 54.5 Å². The predicted molar refractivity (Wildman–Crippen MR) is 241 cm³/mol. The monoisotopic (exact) mass is 1220 g/mol. The van der Waals surface area contributed by atoms with E-state index >= 15 is 0 Å². The van der Waals surface area contributed by atoms with E-state index in [9.17, 15) is 66.2 Å². The van der Waals surface area contributed by atoms with Crippen LogP contribution in [0, 0.1) is 0 Å². The molecule has 1 saturated carbocycles. The highest BCUT2D eigenvalue weighted by atomic mass is 31.2. The third-order valence-corrected chi connectivity index (χ3v) is 13.6. The van der Waals surface area contributed by atoms with E-state index in [4.69, 9.17) is 102 Å². The predicted octanol–water partition coefficient (Wildman–Crippen LogP) is 3.69. The van der Waals surface area contributed by atoms with Crippen LogP contribution < -0.4 is 0 Å². The van der Waals surface area contributed by atoms with Gasteiger partial charge < -0.3 is 47.4 Å². The molecule has 0 aromatic carbocycles. The lowest BCUT2D eigenvalue weighted by molar-refractivity contribution is -0.236. The average molecular weight is 1220 g/mol. The molecule has 0 heterocycles. The second-order valence-electron chi connectivity index (χ2n) is 14.5. The first-order valence-electron chi connectivity index (χ1n) is 22.2. The molecule has 1 aliphatic carbocycles. The van der Waals surface area contributed by atoms with Crippen molar-refractivity contribution in [2.45, 2.75) is 132 Å². The second kappa shape index (κ2) is 35.7. The number of hydrogen-bond acceptors (Lipinski definition) is 36. The fourth-order valence-corrected chi connectivity index (χ4v) is 9.47. The third-order valence-electron chi connectivity index (χ3n) is 8.17. The average Bonchev–Trinajstić information content (AvgIpc) is 3.29. The second-order valence-corrected chi connectivity index (χ2v) is 21.0. The third kappa shape index (κ3) is 29.4. The van der Waals surface area contributed by atoms with Crippen LogP contribution in [-0.2, 0) is 168 Å². The molecule has 1 fully saturated rings. The molecule has 36 nitrogen and oxygen atoms in total. The lowest BCUT2D eigenvalue weighted by Crippen LogP contribution is -2.67. The minimum absolute atomic E-state index is 0.0696. The van der Waals surface area contributed by atoms with Gasteiger partial charge in [-0.1, -0.05) is 13.8 Å². The minimum Gasteiger partial charge on any atom is -0.456 e. The van der Waals surface area contributed by atoms with Crippen molar-refractivity contribution in [3.8, 4) is 0 Å². The molecule has 0 unspecified atom stereocenters. The molecule has 0 bridgehead atoms. The number of rotatable bonds is 38. The number of phosphoric ester groups is 4. The van der Waals surface area contributed by atoms with Crippen molar-refractivity contribution >= 4 is 91.0 Å². The van der Waals surface area contributed by atoms with E-state index in [-0.39, 0.29) is 12.8 Å². The molecule has 0 N–H and O–H groups in total. The van der Waals surface area contributed by atoms with Crippen molar-refractivity contribution in [3.63, 3.8) is 0 Å². The molecule has 0 aromatic heterocycles. The molecular formula is C38H60O36P4. The fraction of sp³-hybridized carbons (Fsp3) is 0.737. The van der Waals surface area contributed by atoms with Crippen molar-refractivity contribution in [2.75, 3.05) is 54.3 Å². The quantitative estimate of drug-likeness (QED) is 0.0368. The lowest BCUT2D eigenvalue weighted by Gasteiger charge is -2.49. The van der Waals surface area contributed by atoms with Crippen LogP contribution in [0.1, 0.15) is 94.9 Å². The molecule has 1 aliphatic rings. The van der Waals surface area contributed by atoms with Gasteiger partial charge in [-0.2, -0.15) is 0 Å². The van der Waals surface area contributed by atoms with E-state index in [1.807, 2.05) is 0 Å². The summed E-state index contributed by atoms with van der Waals surface area (Å²) in [6.45, 7) is -1.50. The number of carbonyl (C=O) groups excluding carboxylic acids is 10. The minimum atomic E-state index is -5.86. The molecule has 448 valence electrons. The van der Waals surface area contributed by atoms with Gasteiger partial charge in [-0.3, -0.25) is 66.0 Å². The van der Waals surface area contributed by atoms with Crippen LogP contribution in [0.25, 0.3) is 0 Å². The number of phosphoric acid groups is 4. The smallest absolute Gasteiger partial charge is 0.456 e. The Labute approximate surface area is 444 Å². The van der Waals surface area contributed by atoms with Gasteiger partial charge >= 0.3 is 91.0 Å². The van der Waals surface area contributed by atoms with Gasteiger partial charge in [-0.15, -0.1) is 0 Å². The highest BCUT2D eigenvalue weighted by Crippen LogP contribution is 2.61. The molecule has 0 radical (unpaired) electrons. The summed E-state index contributed by atoms with van der Waals surface area (Å²) in [5.41, 5.74) is 0. The van der Waals surface area contributed by atoms with Gasteiger partial charge in [0.2, 0.25) is 54.3 Å². The highest BCUT2D eigenvalue weighted by molar-refractivity contribution is 7.49. The van der Waals surface area contributed by atoms with Crippen molar-refractivity contribution in [1.82, 2.24) is 0 Å². The summed E-state index contributed by atoms with van der Waals surface area (Å²) >= 11 is 0. The van der Waals surface area contributed by atoms with Crippen LogP contribution in [0.4, 0.5) is 0 Å². The molecular weight excluding hydrogens is 1160 g/mol. The summed E-state index contributed by atoms with van der Waals surface area (Å²) in [4.78, 5) is 123. The van der Waals surface area contributed by atoms with Crippen molar-refractivity contribution < 1.29 is 168 Å². The maximum atomic E-state index is 14.9. The first-order valence-corrected chi connectivity index (χ1v) is 28.0. The van der Waals surface area contributed by atoms with Crippen molar-refractivity contribution in [2.24, 2.45) is 0 Å². The molecule has 0 spiro atoms. The maximum Gasteiger partial charge on any atom is 0.481 e. The number of esters is 10. The van der Waals surface area contributed by atoms with Crippen LogP contribution in [0.5, 0.6) is 0 Å². The number of carbonyl (C=O) groups is 10. The Hall–Kier alpha value is -4.86. The largest absolute Gasteiger partial charge is 0.481 e. The van der Waals surface area contributed by atoms with Crippen LogP contribution in [0.15, 0.2) is 0 Å². The van der Waals surface area contributed by atoms with Crippen molar-refractivity contribution in [1.29, 1.82) is 0 Å². The van der Waals surface area contributed by atoms with E-state index < -0.39 is 195 Å². The zero-order chi connectivity index (χ0) is 59.3. The van der Waals surface area contributed by atoms with Gasteiger partial charge in [0.05, 0.1) is 0 Å². The topological polar surface area (TPSA) is 442 Å². The molecule has 78 heavy (non-hydrogen) atoms. The standard InChI is InChI=1S/C38H60O36P4/c1-11-13-31(47)69-33-35(71-75(49,61-15-53-23(3)39)62-16-54-24(4)40)34(70-32(48)14-12-2)37(73-77(51,65-19-57-27(7)43)66-20-58-28(8)44)38(74-78(52,67-21-59-29(9)45)68-22-60-30(10)46)36(33)72-76(50,63-17-55-25(5)41)64-18-56-26(6)42/h33-38H,11-22H2,1-10H3/t33-,34-,35-,36+,37-,38-/m1/s1. The zero-order valence-electron chi connectivity index (χ0n) is 43.4. The van der Waals surface area contributed by atoms with Gasteiger partial charge in [0.1, 0.15) is 24.4 Å². The van der Waals surface area contributed by atoms with E-state index in [0.29, 0.717) is 0 Å².